The van der Waals surface area contributed by atoms with Crippen molar-refractivity contribution in [2.45, 2.75) is 25.7 Å². The molecule has 0 saturated carbocycles. The van der Waals surface area contributed by atoms with Crippen LogP contribution >= 0.6 is 11.6 Å². The molecule has 8 nitrogen and oxygen atoms in total. The second-order valence-electron chi connectivity index (χ2n) is 7.10. The number of aromatic nitrogens is 1. The minimum Gasteiger partial charge on any atom is -0.495 e. The molecule has 170 valence electrons. The number of H-pyrrole nitrogens is 1. The first-order valence-corrected chi connectivity index (χ1v) is 11.8. The van der Waals surface area contributed by atoms with E-state index in [1.165, 1.54) is 29.6 Å². The van der Waals surface area contributed by atoms with Crippen molar-refractivity contribution >= 4 is 44.1 Å². The summed E-state index contributed by atoms with van der Waals surface area (Å²) in [5, 5.41) is 3.52. The number of nitrogens with one attached hydrogen (secondary N) is 2. The number of pyridine rings is 1. The number of rotatable bonds is 7. The third-order valence-electron chi connectivity index (χ3n) is 5.13. The van der Waals surface area contributed by atoms with Crippen molar-refractivity contribution in [1.82, 2.24) is 9.29 Å². The lowest BCUT2D eigenvalue weighted by atomic mass is 10.1. The molecule has 3 rings (SSSR count). The van der Waals surface area contributed by atoms with Crippen molar-refractivity contribution in [1.29, 1.82) is 0 Å². The summed E-state index contributed by atoms with van der Waals surface area (Å²) in [5.74, 6) is -0.230. The number of sulfonamides is 1. The van der Waals surface area contributed by atoms with Crippen LogP contribution < -0.4 is 15.6 Å². The number of halogens is 1. The first-order valence-electron chi connectivity index (χ1n) is 9.95. The van der Waals surface area contributed by atoms with Crippen molar-refractivity contribution in [2.75, 3.05) is 25.5 Å². The van der Waals surface area contributed by atoms with Crippen LogP contribution in [0.25, 0.3) is 10.9 Å². The molecule has 0 unspecified atom stereocenters. The Morgan fingerprint density at radius 1 is 1.16 bits per heavy atom. The van der Waals surface area contributed by atoms with Crippen LogP contribution in [0.3, 0.4) is 0 Å². The van der Waals surface area contributed by atoms with E-state index in [1.54, 1.807) is 32.9 Å². The average Bonchev–Trinajstić information content (AvgIpc) is 2.75. The summed E-state index contributed by atoms with van der Waals surface area (Å²) in [7, 11) is -2.30. The van der Waals surface area contributed by atoms with Gasteiger partial charge in [-0.1, -0.05) is 25.4 Å². The molecular weight excluding hydrogens is 454 g/mol. The van der Waals surface area contributed by atoms with Crippen molar-refractivity contribution in [2.24, 2.45) is 0 Å². The molecule has 1 aromatic heterocycles. The highest BCUT2D eigenvalue weighted by atomic mass is 35.5. The lowest BCUT2D eigenvalue weighted by Gasteiger charge is -2.19. The lowest BCUT2D eigenvalue weighted by Crippen LogP contribution is -2.30. The summed E-state index contributed by atoms with van der Waals surface area (Å²) in [5.41, 5.74) is 1.00. The molecule has 0 radical (unpaired) electrons. The van der Waals surface area contributed by atoms with Crippen LogP contribution in [0.1, 0.15) is 29.8 Å². The maximum Gasteiger partial charge on any atom is 0.256 e. The van der Waals surface area contributed by atoms with Crippen molar-refractivity contribution in [3.63, 3.8) is 0 Å². The van der Waals surface area contributed by atoms with Gasteiger partial charge < -0.3 is 15.0 Å². The molecule has 10 heteroatoms. The van der Waals surface area contributed by atoms with Crippen LogP contribution in [-0.2, 0) is 10.0 Å². The van der Waals surface area contributed by atoms with Gasteiger partial charge in [-0.2, -0.15) is 4.31 Å². The Morgan fingerprint density at radius 3 is 2.47 bits per heavy atom. The number of aryl methyl sites for hydroxylation is 1. The number of fused-ring (bicyclic) bond motifs is 1. The van der Waals surface area contributed by atoms with Gasteiger partial charge in [-0.3, -0.25) is 9.59 Å². The molecular formula is C22H24ClN3O5S. The Labute approximate surface area is 191 Å². The molecule has 32 heavy (non-hydrogen) atoms. The van der Waals surface area contributed by atoms with Crippen LogP contribution in [0.2, 0.25) is 5.02 Å². The predicted molar refractivity (Wildman–Crippen MR) is 125 cm³/mol. The monoisotopic (exact) mass is 477 g/mol. The predicted octanol–water partition coefficient (Wildman–Crippen LogP) is 3.78. The largest absolute Gasteiger partial charge is 0.495 e. The van der Waals surface area contributed by atoms with Gasteiger partial charge in [-0.15, -0.1) is 0 Å². The zero-order valence-corrected chi connectivity index (χ0v) is 19.7. The number of amides is 1. The molecule has 0 aliphatic heterocycles. The Balaban J connectivity index is 2.13. The normalized spacial score (nSPS) is 11.7. The molecule has 0 bridgehead atoms. The quantitative estimate of drug-likeness (QED) is 0.538. The smallest absolute Gasteiger partial charge is 0.256 e. The van der Waals surface area contributed by atoms with Gasteiger partial charge in [0, 0.05) is 41.1 Å². The molecule has 0 atom stereocenters. The van der Waals surface area contributed by atoms with Gasteiger partial charge in [-0.05, 0) is 36.8 Å². The van der Waals surface area contributed by atoms with Gasteiger partial charge >= 0.3 is 0 Å². The number of anilines is 1. The van der Waals surface area contributed by atoms with E-state index in [0.29, 0.717) is 40.5 Å². The third-order valence-corrected chi connectivity index (χ3v) is 7.58. The fourth-order valence-electron chi connectivity index (χ4n) is 3.41. The number of hydrogen-bond acceptors (Lipinski definition) is 5. The first-order chi connectivity index (χ1) is 15.1. The molecule has 0 saturated heterocycles. The molecule has 1 heterocycles. The Hall–Kier alpha value is -2.88. The Kier molecular flexibility index (Phi) is 6.92. The average molecular weight is 478 g/mol. The van der Waals surface area contributed by atoms with Gasteiger partial charge in [0.15, 0.2) is 0 Å². The van der Waals surface area contributed by atoms with Crippen LogP contribution in [0.5, 0.6) is 5.75 Å². The second-order valence-corrected chi connectivity index (χ2v) is 9.44. The SMILES string of the molecule is CCN(CC)S(=O)(=O)c1ccc2[nH]c(=O)cc(C(=O)Nc3cc(C)c(Cl)cc3OC)c2c1. The molecule has 0 fully saturated rings. The summed E-state index contributed by atoms with van der Waals surface area (Å²) in [6.45, 7) is 5.90. The summed E-state index contributed by atoms with van der Waals surface area (Å²) < 4.78 is 32.5. The zero-order valence-electron chi connectivity index (χ0n) is 18.2. The molecule has 3 aromatic rings. The number of aromatic amines is 1. The molecule has 2 aromatic carbocycles. The van der Waals surface area contributed by atoms with Gasteiger partial charge in [0.25, 0.3) is 5.91 Å². The summed E-state index contributed by atoms with van der Waals surface area (Å²) in [6.07, 6.45) is 0. The number of benzene rings is 2. The van der Waals surface area contributed by atoms with E-state index in [2.05, 4.69) is 10.3 Å². The van der Waals surface area contributed by atoms with E-state index in [4.69, 9.17) is 16.3 Å². The molecule has 0 aliphatic carbocycles. The highest BCUT2D eigenvalue weighted by Crippen LogP contribution is 2.32. The number of carbonyl (C=O) groups excluding carboxylic acids is 1. The number of nitrogens with zero attached hydrogens (tertiary/aromatic N) is 1. The van der Waals surface area contributed by atoms with Gasteiger partial charge in [0.2, 0.25) is 15.6 Å². The highest BCUT2D eigenvalue weighted by Gasteiger charge is 2.23. The number of ether oxygens (including phenoxy) is 1. The molecule has 0 aliphatic rings. The third kappa shape index (κ3) is 4.50. The first kappa shape index (κ1) is 23.8. The van der Waals surface area contributed by atoms with Crippen LogP contribution in [0.4, 0.5) is 5.69 Å². The van der Waals surface area contributed by atoms with Crippen LogP contribution in [0.15, 0.2) is 46.1 Å². The van der Waals surface area contributed by atoms with E-state index in [1.807, 2.05) is 0 Å². The van der Waals surface area contributed by atoms with E-state index in [-0.39, 0.29) is 10.5 Å². The van der Waals surface area contributed by atoms with Crippen LogP contribution in [0, 0.1) is 6.92 Å². The maximum absolute atomic E-state index is 13.1. The molecule has 1 amide bonds. The Bertz CT molecular complexity index is 1350. The van der Waals surface area contributed by atoms with Crippen molar-refractivity contribution in [3.05, 3.63) is 62.9 Å². The summed E-state index contributed by atoms with van der Waals surface area (Å²) in [4.78, 5) is 28.0. The molecule has 0 spiro atoms. The Morgan fingerprint density at radius 2 is 1.84 bits per heavy atom. The van der Waals surface area contributed by atoms with Crippen molar-refractivity contribution in [3.8, 4) is 5.75 Å². The zero-order chi connectivity index (χ0) is 23.6. The number of methoxy groups -OCH3 is 1. The second kappa shape index (κ2) is 9.32. The van der Waals surface area contributed by atoms with Gasteiger partial charge in [-0.25, -0.2) is 8.42 Å². The number of hydrogen-bond donors (Lipinski definition) is 2. The number of carbonyl (C=O) groups is 1. The van der Waals surface area contributed by atoms with Crippen LogP contribution in [-0.4, -0.2) is 43.8 Å². The van der Waals surface area contributed by atoms with E-state index >= 15 is 0 Å². The van der Waals surface area contributed by atoms with E-state index in [9.17, 15) is 18.0 Å². The molecule has 2 N–H and O–H groups in total. The summed E-state index contributed by atoms with van der Waals surface area (Å²) >= 11 is 6.13. The lowest BCUT2D eigenvalue weighted by molar-refractivity contribution is 0.102. The van der Waals surface area contributed by atoms with E-state index < -0.39 is 21.5 Å². The van der Waals surface area contributed by atoms with Crippen molar-refractivity contribution < 1.29 is 17.9 Å². The minimum atomic E-state index is -3.75. The fraction of sp³-hybridized carbons (Fsp3) is 0.273. The standard InChI is InChI=1S/C22H24ClN3O5S/c1-5-26(6-2)32(29,30)14-7-8-18-15(10-14)16(11-21(27)24-18)22(28)25-19-9-13(3)17(23)12-20(19)31-4/h7-12H,5-6H2,1-4H3,(H,24,27)(H,25,28). The summed E-state index contributed by atoms with van der Waals surface area (Å²) in [6, 6.07) is 8.68. The highest BCUT2D eigenvalue weighted by molar-refractivity contribution is 7.89. The van der Waals surface area contributed by atoms with Gasteiger partial charge in [0.05, 0.1) is 23.3 Å². The van der Waals surface area contributed by atoms with E-state index in [0.717, 1.165) is 11.6 Å². The maximum atomic E-state index is 13.1. The van der Waals surface area contributed by atoms with Gasteiger partial charge in [0.1, 0.15) is 5.75 Å². The fourth-order valence-corrected chi connectivity index (χ4v) is 5.05. The minimum absolute atomic E-state index is 0.0368. The topological polar surface area (TPSA) is 109 Å².